The summed E-state index contributed by atoms with van der Waals surface area (Å²) in [5.74, 6) is -0.245. The van der Waals surface area contributed by atoms with Crippen molar-refractivity contribution >= 4 is 5.57 Å². The molecule has 0 aliphatic heterocycles. The van der Waals surface area contributed by atoms with Gasteiger partial charge in [-0.15, -0.1) is 0 Å². The summed E-state index contributed by atoms with van der Waals surface area (Å²) in [6.45, 7) is 11.7. The largest absolute Gasteiger partial charge is 0.207 e. The molecule has 0 spiro atoms. The molecule has 1 aromatic carbocycles. The van der Waals surface area contributed by atoms with Crippen LogP contribution in [0.25, 0.3) is 5.57 Å². The number of rotatable bonds is 4. The molecule has 0 nitrogen and oxygen atoms in total. The molecule has 0 fully saturated rings. The summed E-state index contributed by atoms with van der Waals surface area (Å²) in [6, 6.07) is 6.41. The van der Waals surface area contributed by atoms with Crippen molar-refractivity contribution in [3.05, 3.63) is 78.2 Å². The van der Waals surface area contributed by atoms with E-state index in [2.05, 4.69) is 13.2 Å². The fraction of sp³-hybridized carbons (Fsp3) is 0.125. The van der Waals surface area contributed by atoms with E-state index in [0.29, 0.717) is 0 Å². The van der Waals surface area contributed by atoms with E-state index in [1.165, 1.54) is 12.1 Å². The maximum absolute atomic E-state index is 13.0. The van der Waals surface area contributed by atoms with Gasteiger partial charge in [-0.05, 0) is 42.7 Å². The second-order valence-corrected chi connectivity index (χ2v) is 4.02. The van der Waals surface area contributed by atoms with Crippen LogP contribution in [0.2, 0.25) is 0 Å². The highest BCUT2D eigenvalue weighted by atomic mass is 19.1. The minimum Gasteiger partial charge on any atom is -0.207 e. The van der Waals surface area contributed by atoms with Gasteiger partial charge < -0.3 is 0 Å². The van der Waals surface area contributed by atoms with Crippen LogP contribution < -0.4 is 0 Å². The van der Waals surface area contributed by atoms with Gasteiger partial charge in [0, 0.05) is 0 Å². The van der Waals surface area contributed by atoms with E-state index >= 15 is 0 Å². The summed E-state index contributed by atoms with van der Waals surface area (Å²) in [4.78, 5) is 0. The molecule has 0 amide bonds. The van der Waals surface area contributed by atoms with Crippen molar-refractivity contribution in [2.24, 2.45) is 0 Å². The normalized spacial score (nSPS) is 11.8. The second kappa shape index (κ2) is 6.00. The van der Waals surface area contributed by atoms with E-state index in [9.17, 15) is 4.39 Å². The number of allylic oxidation sites excluding steroid dienone is 6. The van der Waals surface area contributed by atoms with Gasteiger partial charge in [0.15, 0.2) is 0 Å². The molecule has 0 heterocycles. The van der Waals surface area contributed by atoms with Gasteiger partial charge in [0.25, 0.3) is 0 Å². The van der Waals surface area contributed by atoms with Crippen LogP contribution in [0.15, 0.2) is 66.8 Å². The van der Waals surface area contributed by atoms with Gasteiger partial charge in [0.2, 0.25) is 0 Å². The van der Waals surface area contributed by atoms with Crippen LogP contribution >= 0.6 is 0 Å². The van der Waals surface area contributed by atoms with Crippen molar-refractivity contribution in [1.29, 1.82) is 0 Å². The van der Waals surface area contributed by atoms with Gasteiger partial charge in [-0.25, -0.2) is 4.39 Å². The van der Waals surface area contributed by atoms with Crippen LogP contribution in [-0.2, 0) is 0 Å². The third-order valence-corrected chi connectivity index (χ3v) is 2.51. The fourth-order valence-corrected chi connectivity index (χ4v) is 1.24. The van der Waals surface area contributed by atoms with E-state index < -0.39 is 0 Å². The molecule has 0 saturated carbocycles. The summed E-state index contributed by atoms with van der Waals surface area (Å²) < 4.78 is 13.0. The maximum atomic E-state index is 13.0. The molecule has 0 unspecified atom stereocenters. The van der Waals surface area contributed by atoms with Gasteiger partial charge in [-0.3, -0.25) is 0 Å². The Balaban J connectivity index is 2.77. The smallest absolute Gasteiger partial charge is 0.123 e. The third-order valence-electron chi connectivity index (χ3n) is 2.51. The first kappa shape index (κ1) is 13.2. The fourth-order valence-electron chi connectivity index (χ4n) is 1.24. The summed E-state index contributed by atoms with van der Waals surface area (Å²) in [6.07, 6.45) is 5.73. The lowest BCUT2D eigenvalue weighted by molar-refractivity contribution is 0.627. The van der Waals surface area contributed by atoms with Crippen molar-refractivity contribution in [3.8, 4) is 0 Å². The molecule has 1 heteroatoms. The summed E-state index contributed by atoms with van der Waals surface area (Å²) in [7, 11) is 0. The van der Waals surface area contributed by atoms with Crippen molar-refractivity contribution in [3.63, 3.8) is 0 Å². The van der Waals surface area contributed by atoms with E-state index in [4.69, 9.17) is 0 Å². The van der Waals surface area contributed by atoms with Crippen molar-refractivity contribution in [2.45, 2.75) is 13.8 Å². The summed E-state index contributed by atoms with van der Waals surface area (Å²) in [5.41, 5.74) is 3.73. The molecular weight excluding hydrogens is 211 g/mol. The van der Waals surface area contributed by atoms with Crippen LogP contribution in [0, 0.1) is 5.82 Å². The second-order valence-electron chi connectivity index (χ2n) is 4.02. The van der Waals surface area contributed by atoms with Crippen LogP contribution in [-0.4, -0.2) is 0 Å². The standard InChI is InChI=1S/C16H17F/c1-12(2)13(3)7-5-8-14(4)15-9-6-10-16(17)11-15/h5-11H,1,4H2,2-3H3/b8-5-,13-7+. The molecule has 0 saturated heterocycles. The zero-order chi connectivity index (χ0) is 12.8. The summed E-state index contributed by atoms with van der Waals surface area (Å²) >= 11 is 0. The van der Waals surface area contributed by atoms with Crippen LogP contribution in [0.5, 0.6) is 0 Å². The SMILES string of the molecule is C=C(C)/C(C)=C/C=C\C(=C)c1cccc(F)c1. The Hall–Kier alpha value is -1.89. The Bertz CT molecular complexity index is 490. The van der Waals surface area contributed by atoms with E-state index in [1.807, 2.05) is 38.1 Å². The van der Waals surface area contributed by atoms with Crippen molar-refractivity contribution in [1.82, 2.24) is 0 Å². The molecule has 17 heavy (non-hydrogen) atoms. The Morgan fingerprint density at radius 2 is 1.94 bits per heavy atom. The number of benzene rings is 1. The third kappa shape index (κ3) is 4.23. The highest BCUT2D eigenvalue weighted by Crippen LogP contribution is 2.15. The minimum absolute atomic E-state index is 0.245. The molecule has 0 atom stereocenters. The van der Waals surface area contributed by atoms with E-state index in [1.54, 1.807) is 6.07 Å². The molecule has 0 radical (unpaired) electrons. The van der Waals surface area contributed by atoms with E-state index in [-0.39, 0.29) is 5.82 Å². The molecule has 0 aromatic heterocycles. The molecule has 0 aliphatic carbocycles. The number of hydrogen-bond donors (Lipinski definition) is 0. The first-order valence-corrected chi connectivity index (χ1v) is 5.46. The maximum Gasteiger partial charge on any atom is 0.123 e. The average molecular weight is 228 g/mol. The predicted octanol–water partition coefficient (Wildman–Crippen LogP) is 4.92. The van der Waals surface area contributed by atoms with Crippen molar-refractivity contribution in [2.75, 3.05) is 0 Å². The Morgan fingerprint density at radius 1 is 1.24 bits per heavy atom. The highest BCUT2D eigenvalue weighted by Gasteiger charge is 1.96. The van der Waals surface area contributed by atoms with Gasteiger partial charge in [0.1, 0.15) is 5.82 Å². The molecule has 0 N–H and O–H groups in total. The molecule has 0 bridgehead atoms. The molecule has 0 aliphatic rings. The topological polar surface area (TPSA) is 0 Å². The Labute approximate surface area is 102 Å². The van der Waals surface area contributed by atoms with Crippen LogP contribution in [0.4, 0.5) is 4.39 Å². The molecular formula is C16H17F. The van der Waals surface area contributed by atoms with Gasteiger partial charge in [0.05, 0.1) is 0 Å². The molecule has 1 aromatic rings. The number of hydrogen-bond acceptors (Lipinski definition) is 0. The van der Waals surface area contributed by atoms with Gasteiger partial charge in [-0.1, -0.05) is 49.1 Å². The first-order valence-electron chi connectivity index (χ1n) is 5.46. The monoisotopic (exact) mass is 228 g/mol. The highest BCUT2D eigenvalue weighted by molar-refractivity contribution is 5.72. The zero-order valence-electron chi connectivity index (χ0n) is 10.3. The van der Waals surface area contributed by atoms with E-state index in [0.717, 1.165) is 22.3 Å². The van der Waals surface area contributed by atoms with Gasteiger partial charge in [-0.2, -0.15) is 0 Å². The average Bonchev–Trinajstić information content (AvgIpc) is 2.28. The molecule has 88 valence electrons. The summed E-state index contributed by atoms with van der Waals surface area (Å²) in [5, 5.41) is 0. The first-order chi connectivity index (χ1) is 8.00. The van der Waals surface area contributed by atoms with Gasteiger partial charge >= 0.3 is 0 Å². The predicted molar refractivity (Wildman–Crippen MR) is 73.1 cm³/mol. The zero-order valence-corrected chi connectivity index (χ0v) is 10.3. The lowest BCUT2D eigenvalue weighted by Gasteiger charge is -2.00. The Kier molecular flexibility index (Phi) is 4.65. The quantitative estimate of drug-likeness (QED) is 0.642. The van der Waals surface area contributed by atoms with Crippen LogP contribution in [0.1, 0.15) is 19.4 Å². The number of halogens is 1. The lowest BCUT2D eigenvalue weighted by Crippen LogP contribution is -1.81. The Morgan fingerprint density at radius 3 is 2.53 bits per heavy atom. The minimum atomic E-state index is -0.245. The van der Waals surface area contributed by atoms with Crippen molar-refractivity contribution < 1.29 is 4.39 Å². The molecule has 1 rings (SSSR count). The lowest BCUT2D eigenvalue weighted by atomic mass is 10.1. The van der Waals surface area contributed by atoms with Crippen LogP contribution in [0.3, 0.4) is 0 Å².